The van der Waals surface area contributed by atoms with Crippen LogP contribution >= 0.6 is 0 Å². The number of oxazole rings is 1. The second kappa shape index (κ2) is 6.53. The summed E-state index contributed by atoms with van der Waals surface area (Å²) in [6, 6.07) is 3.86. The maximum Gasteiger partial charge on any atom is 0.417 e. The number of carboxylic acid groups (broad SMARTS) is 1. The summed E-state index contributed by atoms with van der Waals surface area (Å²) >= 11 is 0. The molecular formula is C13H16N2O6. The number of rotatable bonds is 7. The summed E-state index contributed by atoms with van der Waals surface area (Å²) in [6.07, 6.45) is -1.42. The van der Waals surface area contributed by atoms with Gasteiger partial charge in [0.25, 0.3) is 0 Å². The normalized spacial score (nSPS) is 14.2. The summed E-state index contributed by atoms with van der Waals surface area (Å²) in [5, 5.41) is 30.7. The molecule has 8 nitrogen and oxygen atoms in total. The summed E-state index contributed by atoms with van der Waals surface area (Å²) in [6.45, 7) is -0.00888. The number of H-pyrrole nitrogens is 1. The molecule has 0 aliphatic heterocycles. The first-order valence-corrected chi connectivity index (χ1v) is 6.38. The fourth-order valence-electron chi connectivity index (χ4n) is 2.11. The van der Waals surface area contributed by atoms with E-state index in [1.165, 1.54) is 6.07 Å². The number of aliphatic hydroxyl groups is 2. The summed E-state index contributed by atoms with van der Waals surface area (Å²) in [4.78, 5) is 24.4. The number of hydrogen-bond donors (Lipinski definition) is 5. The predicted octanol–water partition coefficient (Wildman–Crippen LogP) is -0.420. The van der Waals surface area contributed by atoms with Crippen LogP contribution < -0.4 is 11.1 Å². The summed E-state index contributed by atoms with van der Waals surface area (Å²) in [5.74, 6) is -1.67. The Kier molecular flexibility index (Phi) is 4.73. The number of benzene rings is 1. The molecule has 2 atom stereocenters. The van der Waals surface area contributed by atoms with Crippen molar-refractivity contribution in [2.75, 3.05) is 13.2 Å². The highest BCUT2D eigenvalue weighted by Crippen LogP contribution is 2.22. The van der Waals surface area contributed by atoms with E-state index in [4.69, 9.17) is 14.6 Å². The third-order valence-corrected chi connectivity index (χ3v) is 3.08. The van der Waals surface area contributed by atoms with Crippen LogP contribution in [0.25, 0.3) is 11.1 Å². The molecule has 8 heteroatoms. The molecule has 1 heterocycles. The van der Waals surface area contributed by atoms with E-state index in [0.29, 0.717) is 11.1 Å². The smallest absolute Gasteiger partial charge is 0.417 e. The highest BCUT2D eigenvalue weighted by atomic mass is 16.4. The van der Waals surface area contributed by atoms with Gasteiger partial charge in [0.1, 0.15) is 0 Å². The highest BCUT2D eigenvalue weighted by Gasteiger charge is 2.23. The lowest BCUT2D eigenvalue weighted by Crippen LogP contribution is -2.38. The minimum atomic E-state index is -1.11. The van der Waals surface area contributed by atoms with Crippen LogP contribution in [0.2, 0.25) is 0 Å². The van der Waals surface area contributed by atoms with Gasteiger partial charge in [-0.05, 0) is 17.7 Å². The molecular weight excluding hydrogens is 280 g/mol. The standard InChI is InChI=1S/C13H16N2O6/c16-4-3-14-9(6-11(17)18)12(19)7-1-2-8-10(5-7)21-13(20)15-8/h1-2,5,9,12,14,16,19H,3-4,6H2,(H,15,20)(H,17,18). The zero-order valence-electron chi connectivity index (χ0n) is 11.1. The van der Waals surface area contributed by atoms with Crippen molar-refractivity contribution >= 4 is 17.1 Å². The van der Waals surface area contributed by atoms with Gasteiger partial charge >= 0.3 is 11.7 Å². The molecule has 2 rings (SSSR count). The second-order valence-corrected chi connectivity index (χ2v) is 4.60. The van der Waals surface area contributed by atoms with E-state index >= 15 is 0 Å². The maximum absolute atomic E-state index is 11.1. The molecule has 2 unspecified atom stereocenters. The second-order valence-electron chi connectivity index (χ2n) is 4.60. The van der Waals surface area contributed by atoms with Gasteiger partial charge in [-0.2, -0.15) is 0 Å². The van der Waals surface area contributed by atoms with Crippen LogP contribution in [0.3, 0.4) is 0 Å². The number of aromatic amines is 1. The largest absolute Gasteiger partial charge is 0.481 e. The first-order chi connectivity index (χ1) is 10.0. The van der Waals surface area contributed by atoms with E-state index in [9.17, 15) is 14.7 Å². The molecule has 0 saturated carbocycles. The van der Waals surface area contributed by atoms with Crippen LogP contribution in [-0.4, -0.2) is 45.5 Å². The minimum absolute atomic E-state index is 0.163. The van der Waals surface area contributed by atoms with Gasteiger partial charge in [-0.25, -0.2) is 4.79 Å². The van der Waals surface area contributed by atoms with Crippen LogP contribution in [0.4, 0.5) is 0 Å². The van der Waals surface area contributed by atoms with Gasteiger partial charge in [0.05, 0.1) is 24.6 Å². The molecule has 114 valence electrons. The molecule has 0 fully saturated rings. The number of aromatic nitrogens is 1. The van der Waals surface area contributed by atoms with Crippen molar-refractivity contribution in [3.05, 3.63) is 34.3 Å². The van der Waals surface area contributed by atoms with E-state index in [1.807, 2.05) is 0 Å². The van der Waals surface area contributed by atoms with Crippen molar-refractivity contribution < 1.29 is 24.5 Å². The number of hydrogen-bond acceptors (Lipinski definition) is 6. The van der Waals surface area contributed by atoms with Crippen LogP contribution in [-0.2, 0) is 4.79 Å². The van der Waals surface area contributed by atoms with E-state index < -0.39 is 23.9 Å². The van der Waals surface area contributed by atoms with Gasteiger partial charge in [-0.1, -0.05) is 6.07 Å². The average Bonchev–Trinajstić information content (AvgIpc) is 2.81. The quantitative estimate of drug-likeness (QED) is 0.468. The van der Waals surface area contributed by atoms with Gasteiger partial charge in [-0.3, -0.25) is 9.78 Å². The molecule has 0 amide bonds. The summed E-state index contributed by atoms with van der Waals surface area (Å²) < 4.78 is 4.90. The third kappa shape index (κ3) is 3.69. The molecule has 0 aliphatic rings. The Hall–Kier alpha value is -2.16. The van der Waals surface area contributed by atoms with Gasteiger partial charge < -0.3 is 25.1 Å². The van der Waals surface area contributed by atoms with Crippen molar-refractivity contribution in [1.82, 2.24) is 10.3 Å². The SMILES string of the molecule is O=C(O)CC(NCCO)C(O)c1ccc2[nH]c(=O)oc2c1. The van der Waals surface area contributed by atoms with Crippen LogP contribution in [0.1, 0.15) is 18.1 Å². The van der Waals surface area contributed by atoms with E-state index in [2.05, 4.69) is 10.3 Å². The minimum Gasteiger partial charge on any atom is -0.481 e. The van der Waals surface area contributed by atoms with Crippen molar-refractivity contribution in [1.29, 1.82) is 0 Å². The summed E-state index contributed by atoms with van der Waals surface area (Å²) in [5.41, 5.74) is 1.20. The maximum atomic E-state index is 11.1. The van der Waals surface area contributed by atoms with E-state index in [0.717, 1.165) is 0 Å². The number of aliphatic hydroxyl groups excluding tert-OH is 2. The molecule has 1 aromatic carbocycles. The van der Waals surface area contributed by atoms with E-state index in [1.54, 1.807) is 12.1 Å². The lowest BCUT2D eigenvalue weighted by molar-refractivity contribution is -0.138. The molecule has 0 bridgehead atoms. The third-order valence-electron chi connectivity index (χ3n) is 3.08. The van der Waals surface area contributed by atoms with Crippen molar-refractivity contribution in [2.24, 2.45) is 0 Å². The first kappa shape index (κ1) is 15.2. The van der Waals surface area contributed by atoms with E-state index in [-0.39, 0.29) is 25.2 Å². The zero-order valence-corrected chi connectivity index (χ0v) is 11.1. The molecule has 0 aliphatic carbocycles. The van der Waals surface area contributed by atoms with Crippen LogP contribution in [0, 0.1) is 0 Å². The topological polar surface area (TPSA) is 136 Å². The molecule has 21 heavy (non-hydrogen) atoms. The molecule has 0 radical (unpaired) electrons. The molecule has 0 spiro atoms. The highest BCUT2D eigenvalue weighted by molar-refractivity contribution is 5.73. The van der Waals surface area contributed by atoms with Gasteiger partial charge in [0.2, 0.25) is 0 Å². The van der Waals surface area contributed by atoms with Crippen molar-refractivity contribution in [3.63, 3.8) is 0 Å². The van der Waals surface area contributed by atoms with Crippen molar-refractivity contribution in [2.45, 2.75) is 18.6 Å². The Labute approximate surface area is 119 Å². The Morgan fingerprint density at radius 3 is 2.86 bits per heavy atom. The number of carboxylic acids is 1. The number of aliphatic carboxylic acids is 1. The van der Waals surface area contributed by atoms with Crippen LogP contribution in [0.15, 0.2) is 27.4 Å². The molecule has 1 aromatic heterocycles. The molecule has 5 N–H and O–H groups in total. The number of carbonyl (C=O) groups is 1. The average molecular weight is 296 g/mol. The number of nitrogens with one attached hydrogen (secondary N) is 2. The van der Waals surface area contributed by atoms with Gasteiger partial charge in [0.15, 0.2) is 5.58 Å². The Morgan fingerprint density at radius 1 is 1.43 bits per heavy atom. The lowest BCUT2D eigenvalue weighted by Gasteiger charge is -2.22. The van der Waals surface area contributed by atoms with Gasteiger partial charge in [-0.15, -0.1) is 0 Å². The fraction of sp³-hybridized carbons (Fsp3) is 0.385. The molecule has 0 saturated heterocycles. The first-order valence-electron chi connectivity index (χ1n) is 6.38. The van der Waals surface area contributed by atoms with Crippen LogP contribution in [0.5, 0.6) is 0 Å². The summed E-state index contributed by atoms with van der Waals surface area (Å²) in [7, 11) is 0. The molecule has 2 aromatic rings. The zero-order chi connectivity index (χ0) is 15.4. The fourth-order valence-corrected chi connectivity index (χ4v) is 2.11. The monoisotopic (exact) mass is 296 g/mol. The van der Waals surface area contributed by atoms with Crippen molar-refractivity contribution in [3.8, 4) is 0 Å². The lowest BCUT2D eigenvalue weighted by atomic mass is 9.99. The number of fused-ring (bicyclic) bond motifs is 1. The Morgan fingerprint density at radius 2 is 2.19 bits per heavy atom. The van der Waals surface area contributed by atoms with Gasteiger partial charge in [0, 0.05) is 12.6 Å². The Balaban J connectivity index is 2.25. The predicted molar refractivity (Wildman–Crippen MR) is 72.9 cm³/mol. The Bertz CT molecular complexity index is 677.